The van der Waals surface area contributed by atoms with Crippen LogP contribution in [0, 0.1) is 6.92 Å². The number of methoxy groups -OCH3 is 1. The number of ether oxygens (including phenoxy) is 2. The summed E-state index contributed by atoms with van der Waals surface area (Å²) in [5.41, 5.74) is 1.79. The van der Waals surface area contributed by atoms with Crippen LogP contribution in [0.2, 0.25) is 0 Å². The number of benzene rings is 1. The summed E-state index contributed by atoms with van der Waals surface area (Å²) in [6, 6.07) is 6.94. The molecule has 0 fully saturated rings. The zero-order valence-corrected chi connectivity index (χ0v) is 16.9. The van der Waals surface area contributed by atoms with Gasteiger partial charge >= 0.3 is 5.97 Å². The third kappa shape index (κ3) is 4.08. The highest BCUT2D eigenvalue weighted by atomic mass is 16.5. The number of aromatic amines is 1. The molecule has 0 aliphatic rings. The summed E-state index contributed by atoms with van der Waals surface area (Å²) in [6.45, 7) is 8.05. The summed E-state index contributed by atoms with van der Waals surface area (Å²) in [7, 11) is 1.55. The van der Waals surface area contributed by atoms with Crippen molar-refractivity contribution in [2.45, 2.75) is 27.7 Å². The molecule has 1 aromatic carbocycles. The average Bonchev–Trinajstić information content (AvgIpc) is 3.05. The second kappa shape index (κ2) is 9.21. The second-order valence-corrected chi connectivity index (χ2v) is 6.13. The molecule has 0 spiro atoms. The number of rotatable bonds is 8. The molecule has 0 radical (unpaired) electrons. The molecule has 0 aliphatic heterocycles. The minimum absolute atomic E-state index is 0.0858. The number of aromatic nitrogens is 1. The first-order valence-electron chi connectivity index (χ1n) is 9.27. The number of hydrogen-bond donors (Lipinski definition) is 1. The van der Waals surface area contributed by atoms with E-state index in [2.05, 4.69) is 4.98 Å². The Labute approximate surface area is 164 Å². The molecule has 1 aromatic heterocycles. The van der Waals surface area contributed by atoms with Crippen LogP contribution in [0.3, 0.4) is 0 Å². The summed E-state index contributed by atoms with van der Waals surface area (Å²) in [6.07, 6.45) is 0. The lowest BCUT2D eigenvalue weighted by molar-refractivity contribution is -0.126. The molecule has 0 saturated heterocycles. The van der Waals surface area contributed by atoms with E-state index in [1.807, 2.05) is 13.8 Å². The number of nitrogens with zero attached hydrogens (tertiary/aromatic N) is 1. The van der Waals surface area contributed by atoms with Gasteiger partial charge in [-0.25, -0.2) is 4.79 Å². The predicted octanol–water partition coefficient (Wildman–Crippen LogP) is 3.23. The maximum atomic E-state index is 13.0. The molecule has 0 unspecified atom stereocenters. The largest absolute Gasteiger partial charge is 0.497 e. The van der Waals surface area contributed by atoms with Gasteiger partial charge in [-0.05, 0) is 45.4 Å². The number of aryl methyl sites for hydroxylation is 1. The highest BCUT2D eigenvalue weighted by molar-refractivity contribution is 6.43. The molecular weight excluding hydrogens is 360 g/mol. The maximum Gasteiger partial charge on any atom is 0.340 e. The minimum Gasteiger partial charge on any atom is -0.497 e. The molecule has 7 heteroatoms. The summed E-state index contributed by atoms with van der Waals surface area (Å²) in [5, 5.41) is 0. The van der Waals surface area contributed by atoms with Crippen LogP contribution in [0.4, 0.5) is 0 Å². The van der Waals surface area contributed by atoms with Gasteiger partial charge in [0.2, 0.25) is 0 Å². The molecule has 2 rings (SSSR count). The molecule has 28 heavy (non-hydrogen) atoms. The standard InChI is InChI=1S/C21H26N2O5/c1-6-23(7-2)20(25)19(24)18-17(14-9-11-15(27-5)12-10-14)16(13(4)22-18)21(26)28-8-3/h9-12,22H,6-8H2,1-5H3. The Hall–Kier alpha value is -3.09. The van der Waals surface area contributed by atoms with Crippen LogP contribution in [0.15, 0.2) is 24.3 Å². The van der Waals surface area contributed by atoms with E-state index in [9.17, 15) is 14.4 Å². The molecule has 1 N–H and O–H groups in total. The Morgan fingerprint density at radius 1 is 1.04 bits per heavy atom. The van der Waals surface area contributed by atoms with Gasteiger partial charge in [0.25, 0.3) is 11.7 Å². The molecule has 0 saturated carbocycles. The second-order valence-electron chi connectivity index (χ2n) is 6.13. The fourth-order valence-corrected chi connectivity index (χ4v) is 3.06. The topological polar surface area (TPSA) is 88.7 Å². The van der Waals surface area contributed by atoms with Crippen LogP contribution < -0.4 is 4.74 Å². The van der Waals surface area contributed by atoms with Crippen molar-refractivity contribution < 1.29 is 23.9 Å². The molecule has 0 bridgehead atoms. The van der Waals surface area contributed by atoms with Crippen molar-refractivity contribution in [3.63, 3.8) is 0 Å². The molecule has 0 atom stereocenters. The van der Waals surface area contributed by atoms with Crippen molar-refractivity contribution in [3.05, 3.63) is 41.2 Å². The van der Waals surface area contributed by atoms with E-state index in [-0.39, 0.29) is 17.9 Å². The number of hydrogen-bond acceptors (Lipinski definition) is 5. The summed E-state index contributed by atoms with van der Waals surface area (Å²) in [4.78, 5) is 42.5. The predicted molar refractivity (Wildman–Crippen MR) is 106 cm³/mol. The van der Waals surface area contributed by atoms with Crippen molar-refractivity contribution in [2.75, 3.05) is 26.8 Å². The quantitative estimate of drug-likeness (QED) is 0.427. The highest BCUT2D eigenvalue weighted by Crippen LogP contribution is 2.32. The van der Waals surface area contributed by atoms with Gasteiger partial charge in [-0.3, -0.25) is 9.59 Å². The van der Waals surface area contributed by atoms with Crippen molar-refractivity contribution in [1.82, 2.24) is 9.88 Å². The lowest BCUT2D eigenvalue weighted by atomic mass is 9.98. The van der Waals surface area contributed by atoms with E-state index in [1.165, 1.54) is 4.90 Å². The summed E-state index contributed by atoms with van der Waals surface area (Å²) < 4.78 is 10.3. The van der Waals surface area contributed by atoms with E-state index in [0.717, 1.165) is 0 Å². The minimum atomic E-state index is -0.687. The normalized spacial score (nSPS) is 10.5. The van der Waals surface area contributed by atoms with Crippen LogP contribution in [0.5, 0.6) is 5.75 Å². The van der Waals surface area contributed by atoms with Crippen LogP contribution in [0.25, 0.3) is 11.1 Å². The maximum absolute atomic E-state index is 13.0. The zero-order chi connectivity index (χ0) is 20.8. The van der Waals surface area contributed by atoms with Gasteiger partial charge in [-0.2, -0.15) is 0 Å². The molecular formula is C21H26N2O5. The average molecular weight is 386 g/mol. The number of nitrogens with one attached hydrogen (secondary N) is 1. The number of esters is 1. The van der Waals surface area contributed by atoms with Crippen LogP contribution in [0.1, 0.15) is 47.3 Å². The van der Waals surface area contributed by atoms with Crippen molar-refractivity contribution in [3.8, 4) is 16.9 Å². The van der Waals surface area contributed by atoms with Crippen LogP contribution in [-0.4, -0.2) is 54.3 Å². The SMILES string of the molecule is CCOC(=O)c1c(C)[nH]c(C(=O)C(=O)N(CC)CC)c1-c1ccc(OC)cc1. The van der Waals surface area contributed by atoms with Gasteiger partial charge in [-0.15, -0.1) is 0 Å². The Morgan fingerprint density at radius 2 is 1.64 bits per heavy atom. The number of amides is 1. The van der Waals surface area contributed by atoms with E-state index in [1.54, 1.807) is 45.2 Å². The number of carbonyl (C=O) groups is 3. The Kier molecular flexibility index (Phi) is 6.98. The van der Waals surface area contributed by atoms with Crippen molar-refractivity contribution >= 4 is 17.7 Å². The first-order chi connectivity index (χ1) is 13.4. The lowest BCUT2D eigenvalue weighted by Gasteiger charge is -2.17. The third-order valence-electron chi connectivity index (χ3n) is 4.52. The number of ketones is 1. The summed E-state index contributed by atoms with van der Waals surface area (Å²) in [5.74, 6) is -1.21. The lowest BCUT2D eigenvalue weighted by Crippen LogP contribution is -2.36. The number of carbonyl (C=O) groups excluding carboxylic acids is 3. The molecule has 7 nitrogen and oxygen atoms in total. The zero-order valence-electron chi connectivity index (χ0n) is 16.9. The number of H-pyrrole nitrogens is 1. The molecule has 1 heterocycles. The molecule has 0 aliphatic carbocycles. The molecule has 2 aromatic rings. The molecule has 150 valence electrons. The molecule has 1 amide bonds. The Morgan fingerprint density at radius 3 is 2.14 bits per heavy atom. The van der Waals surface area contributed by atoms with E-state index in [4.69, 9.17) is 9.47 Å². The van der Waals surface area contributed by atoms with Crippen molar-refractivity contribution in [2.24, 2.45) is 0 Å². The number of likely N-dealkylation sites (N-methyl/N-ethyl adjacent to an activating group) is 1. The fraction of sp³-hybridized carbons (Fsp3) is 0.381. The third-order valence-corrected chi connectivity index (χ3v) is 4.52. The first kappa shape index (κ1) is 21.2. The van der Waals surface area contributed by atoms with E-state index >= 15 is 0 Å². The van der Waals surface area contributed by atoms with Gasteiger partial charge < -0.3 is 19.4 Å². The van der Waals surface area contributed by atoms with Crippen LogP contribution >= 0.6 is 0 Å². The van der Waals surface area contributed by atoms with Crippen molar-refractivity contribution in [1.29, 1.82) is 0 Å². The van der Waals surface area contributed by atoms with Gasteiger partial charge in [-0.1, -0.05) is 12.1 Å². The smallest absolute Gasteiger partial charge is 0.340 e. The summed E-state index contributed by atoms with van der Waals surface area (Å²) >= 11 is 0. The fourth-order valence-electron chi connectivity index (χ4n) is 3.06. The van der Waals surface area contributed by atoms with Gasteiger partial charge in [0, 0.05) is 24.3 Å². The monoisotopic (exact) mass is 386 g/mol. The number of Topliss-reactive ketones (excluding diaryl/α,β-unsaturated/α-hetero) is 1. The van der Waals surface area contributed by atoms with Gasteiger partial charge in [0.15, 0.2) is 0 Å². The highest BCUT2D eigenvalue weighted by Gasteiger charge is 2.31. The Balaban J connectivity index is 2.65. The van der Waals surface area contributed by atoms with E-state index < -0.39 is 17.7 Å². The van der Waals surface area contributed by atoms with Gasteiger partial charge in [0.05, 0.1) is 19.3 Å². The Bertz CT molecular complexity index is 864. The van der Waals surface area contributed by atoms with Gasteiger partial charge in [0.1, 0.15) is 11.4 Å². The van der Waals surface area contributed by atoms with E-state index in [0.29, 0.717) is 35.7 Å². The van der Waals surface area contributed by atoms with Crippen LogP contribution in [-0.2, 0) is 9.53 Å². The first-order valence-corrected chi connectivity index (χ1v) is 9.27.